The van der Waals surface area contributed by atoms with Crippen molar-refractivity contribution in [2.75, 3.05) is 0 Å². The Morgan fingerprint density at radius 1 is 1.58 bits per heavy atom. The second-order valence-electron chi connectivity index (χ2n) is 3.96. The molecule has 1 rings (SSSR count). The van der Waals surface area contributed by atoms with Gasteiger partial charge in [0.05, 0.1) is 6.10 Å². The van der Waals surface area contributed by atoms with E-state index in [0.717, 1.165) is 6.04 Å². The van der Waals surface area contributed by atoms with Crippen LogP contribution < -0.4 is 0 Å². The number of hydrogen-bond donors (Lipinski definition) is 0. The Bertz CT molecular complexity index is 216. The molecule has 0 saturated carbocycles. The van der Waals surface area contributed by atoms with Gasteiger partial charge in [0.1, 0.15) is 0 Å². The summed E-state index contributed by atoms with van der Waals surface area (Å²) in [5.41, 5.74) is 1.33. The van der Waals surface area contributed by atoms with E-state index in [9.17, 15) is 0 Å². The zero-order valence-corrected chi connectivity index (χ0v) is 9.42. The molecule has 1 nitrogen and oxygen atoms in total. The van der Waals surface area contributed by atoms with Gasteiger partial charge in [0, 0.05) is 0 Å². The molecule has 0 amide bonds. The smallest absolute Gasteiger partial charge is 0.191 e. The zero-order chi connectivity index (χ0) is 9.19. The van der Waals surface area contributed by atoms with Crippen LogP contribution in [0.25, 0.3) is 0 Å². The van der Waals surface area contributed by atoms with Crippen LogP contribution in [0.2, 0.25) is 19.1 Å². The van der Waals surface area contributed by atoms with Crippen molar-refractivity contribution in [3.05, 3.63) is 23.8 Å². The van der Waals surface area contributed by atoms with Crippen molar-refractivity contribution in [1.82, 2.24) is 0 Å². The largest absolute Gasteiger partial charge is 0.407 e. The van der Waals surface area contributed by atoms with Gasteiger partial charge in [-0.3, -0.25) is 0 Å². The lowest BCUT2D eigenvalue weighted by Gasteiger charge is -2.31. The number of hydrogen-bond acceptors (Lipinski definition) is 1. The van der Waals surface area contributed by atoms with Crippen LogP contribution in [0.15, 0.2) is 23.8 Å². The maximum atomic E-state index is 6.01. The number of rotatable bonds is 1. The van der Waals surface area contributed by atoms with Crippen LogP contribution in [-0.2, 0) is 4.43 Å². The van der Waals surface area contributed by atoms with Crippen molar-refractivity contribution in [2.24, 2.45) is 0 Å². The second-order valence-corrected chi connectivity index (χ2v) is 8.13. The lowest BCUT2D eigenvalue weighted by molar-refractivity contribution is 0.268. The summed E-state index contributed by atoms with van der Waals surface area (Å²) in [6, 6.07) is 1.15. The molecule has 0 spiro atoms. The summed E-state index contributed by atoms with van der Waals surface area (Å²) in [5, 5.41) is 0. The standard InChI is InChI=1S/C10H18OSi/c1-5-9(2)10-7-6-8-12(3,4)11-10/h5-7,10H,8H2,1-4H3/b9-5+/t10-/m1/s1. The molecule has 1 aliphatic heterocycles. The molecule has 0 aromatic carbocycles. The molecule has 2 heteroatoms. The summed E-state index contributed by atoms with van der Waals surface area (Å²) in [5.74, 6) is 0. The molecular formula is C10H18OSi. The van der Waals surface area contributed by atoms with E-state index >= 15 is 0 Å². The molecule has 0 saturated heterocycles. The fraction of sp³-hybridized carbons (Fsp3) is 0.600. The Kier molecular flexibility index (Phi) is 2.91. The molecule has 0 unspecified atom stereocenters. The summed E-state index contributed by atoms with van der Waals surface area (Å²) < 4.78 is 6.01. The van der Waals surface area contributed by atoms with Gasteiger partial charge in [-0.25, -0.2) is 0 Å². The van der Waals surface area contributed by atoms with Crippen LogP contribution >= 0.6 is 0 Å². The van der Waals surface area contributed by atoms with Gasteiger partial charge in [-0.1, -0.05) is 18.2 Å². The minimum atomic E-state index is -1.36. The van der Waals surface area contributed by atoms with Gasteiger partial charge in [0.25, 0.3) is 0 Å². The first-order valence-corrected chi connectivity index (χ1v) is 7.64. The van der Waals surface area contributed by atoms with E-state index in [1.165, 1.54) is 5.57 Å². The Balaban J connectivity index is 2.71. The minimum Gasteiger partial charge on any atom is -0.407 e. The van der Waals surface area contributed by atoms with Crippen LogP contribution in [0.4, 0.5) is 0 Å². The highest BCUT2D eigenvalue weighted by atomic mass is 28.4. The Morgan fingerprint density at radius 2 is 2.25 bits per heavy atom. The third-order valence-corrected chi connectivity index (χ3v) is 4.38. The lowest BCUT2D eigenvalue weighted by atomic mass is 10.1. The molecule has 1 heterocycles. The molecule has 0 radical (unpaired) electrons. The first-order chi connectivity index (χ1) is 5.55. The average Bonchev–Trinajstić information content (AvgIpc) is 2.01. The molecule has 0 fully saturated rings. The predicted molar refractivity (Wildman–Crippen MR) is 55.7 cm³/mol. The quantitative estimate of drug-likeness (QED) is 0.447. The Labute approximate surface area is 76.3 Å². The van der Waals surface area contributed by atoms with Gasteiger partial charge in [0.15, 0.2) is 8.32 Å². The molecule has 0 aromatic heterocycles. The van der Waals surface area contributed by atoms with E-state index in [0.29, 0.717) is 0 Å². The summed E-state index contributed by atoms with van der Waals surface area (Å²) in [6.07, 6.45) is 6.83. The van der Waals surface area contributed by atoms with E-state index in [4.69, 9.17) is 4.43 Å². The van der Waals surface area contributed by atoms with Crippen molar-refractivity contribution in [3.8, 4) is 0 Å². The second kappa shape index (κ2) is 3.58. The summed E-state index contributed by atoms with van der Waals surface area (Å²) in [7, 11) is -1.36. The molecule has 68 valence electrons. The molecular weight excluding hydrogens is 164 g/mol. The highest BCUT2D eigenvalue weighted by molar-refractivity contribution is 6.71. The highest BCUT2D eigenvalue weighted by Gasteiger charge is 2.27. The minimum absolute atomic E-state index is 0.255. The molecule has 0 N–H and O–H groups in total. The fourth-order valence-corrected chi connectivity index (χ4v) is 3.07. The lowest BCUT2D eigenvalue weighted by Crippen LogP contribution is -2.37. The fourth-order valence-electron chi connectivity index (χ4n) is 1.32. The van der Waals surface area contributed by atoms with Crippen LogP contribution in [0, 0.1) is 0 Å². The van der Waals surface area contributed by atoms with E-state index in [1.807, 2.05) is 0 Å². The van der Waals surface area contributed by atoms with Crippen LogP contribution in [0.5, 0.6) is 0 Å². The summed E-state index contributed by atoms with van der Waals surface area (Å²) >= 11 is 0. The molecule has 1 aliphatic rings. The van der Waals surface area contributed by atoms with Gasteiger partial charge in [-0.15, -0.1) is 0 Å². The van der Waals surface area contributed by atoms with Crippen molar-refractivity contribution in [2.45, 2.75) is 39.1 Å². The maximum Gasteiger partial charge on any atom is 0.191 e. The van der Waals surface area contributed by atoms with E-state index in [1.54, 1.807) is 0 Å². The summed E-state index contributed by atoms with van der Waals surface area (Å²) in [4.78, 5) is 0. The van der Waals surface area contributed by atoms with E-state index in [-0.39, 0.29) is 6.10 Å². The normalized spacial score (nSPS) is 29.0. The van der Waals surface area contributed by atoms with Crippen LogP contribution in [0.3, 0.4) is 0 Å². The van der Waals surface area contributed by atoms with Gasteiger partial charge in [-0.05, 0) is 38.6 Å². The maximum absolute atomic E-state index is 6.01. The third-order valence-electron chi connectivity index (χ3n) is 2.27. The third kappa shape index (κ3) is 2.32. The van der Waals surface area contributed by atoms with Crippen molar-refractivity contribution in [3.63, 3.8) is 0 Å². The van der Waals surface area contributed by atoms with Crippen LogP contribution in [-0.4, -0.2) is 14.4 Å². The van der Waals surface area contributed by atoms with Gasteiger partial charge >= 0.3 is 0 Å². The van der Waals surface area contributed by atoms with E-state index in [2.05, 4.69) is 45.2 Å². The molecule has 1 atom stereocenters. The topological polar surface area (TPSA) is 9.23 Å². The predicted octanol–water partition coefficient (Wildman–Crippen LogP) is 3.11. The average molecular weight is 182 g/mol. The molecule has 12 heavy (non-hydrogen) atoms. The Morgan fingerprint density at radius 3 is 2.75 bits per heavy atom. The van der Waals surface area contributed by atoms with Crippen molar-refractivity contribution < 1.29 is 4.43 Å². The molecule has 0 aromatic rings. The zero-order valence-electron chi connectivity index (χ0n) is 8.42. The van der Waals surface area contributed by atoms with Gasteiger partial charge < -0.3 is 4.43 Å². The molecule has 0 aliphatic carbocycles. The number of allylic oxidation sites excluding steroid dienone is 2. The van der Waals surface area contributed by atoms with Crippen LogP contribution in [0.1, 0.15) is 13.8 Å². The monoisotopic (exact) mass is 182 g/mol. The first kappa shape index (κ1) is 9.74. The summed E-state index contributed by atoms with van der Waals surface area (Å²) in [6.45, 7) is 8.74. The van der Waals surface area contributed by atoms with E-state index < -0.39 is 8.32 Å². The SMILES string of the molecule is C/C=C(\C)[C@H]1C=CC[Si](C)(C)O1. The van der Waals surface area contributed by atoms with Crippen molar-refractivity contribution in [1.29, 1.82) is 0 Å². The van der Waals surface area contributed by atoms with Crippen molar-refractivity contribution >= 4 is 8.32 Å². The van der Waals surface area contributed by atoms with Gasteiger partial charge in [-0.2, -0.15) is 0 Å². The first-order valence-electron chi connectivity index (χ1n) is 4.52. The Hall–Kier alpha value is -0.343. The molecule has 0 bridgehead atoms. The highest BCUT2D eigenvalue weighted by Crippen LogP contribution is 2.23. The van der Waals surface area contributed by atoms with Gasteiger partial charge in [0.2, 0.25) is 0 Å².